The topological polar surface area (TPSA) is 138 Å². The lowest BCUT2D eigenvalue weighted by Crippen LogP contribution is -2.49. The summed E-state index contributed by atoms with van der Waals surface area (Å²) in [5, 5.41) is 18.3. The van der Waals surface area contributed by atoms with Crippen LogP contribution in [0.4, 0.5) is 0 Å². The number of carbonyl (C=O) groups excluding carboxylic acids is 1. The van der Waals surface area contributed by atoms with E-state index >= 15 is 0 Å². The van der Waals surface area contributed by atoms with E-state index in [1.807, 2.05) is 115 Å². The van der Waals surface area contributed by atoms with Crippen molar-refractivity contribution >= 4 is 22.6 Å². The maximum Gasteiger partial charge on any atom is 0.252 e. The standard InChI is InChI=1S/C39H37N5O5/c1-47-34-15-7-13-29(23-34)36-39(24-30-10-2-3-11-31(30)26-42-44-40,38(46)41-25-32-14-6-12-27-9-4-5-16-35(27)32)43-37(49-36)28-17-19-33(20-18-28)48-22-8-21-45/h2-7,9-20,23,36,45H,8,21-22,24-26H2,1H3,(H,41,46)/t36-,39-/m1/s1. The molecule has 10 nitrogen and oxygen atoms in total. The minimum atomic E-state index is -1.46. The lowest BCUT2D eigenvalue weighted by Gasteiger charge is -2.31. The first-order valence-electron chi connectivity index (χ1n) is 16.1. The number of nitrogens with zero attached hydrogens (tertiary/aromatic N) is 4. The van der Waals surface area contributed by atoms with E-state index in [0.29, 0.717) is 36.0 Å². The van der Waals surface area contributed by atoms with Gasteiger partial charge in [0, 0.05) is 36.5 Å². The number of methoxy groups -OCH3 is 1. The third-order valence-electron chi connectivity index (χ3n) is 8.63. The molecule has 0 saturated heterocycles. The first-order valence-corrected chi connectivity index (χ1v) is 16.1. The summed E-state index contributed by atoms with van der Waals surface area (Å²) in [5.74, 6) is 1.26. The zero-order chi connectivity index (χ0) is 34.1. The number of aliphatic imine (C=N–C) groups is 1. The number of azide groups is 1. The SMILES string of the molecule is COc1cccc([C@H]2OC(c3ccc(OCCCO)cc3)=N[C@@]2(Cc2ccccc2CN=[N+]=[N-])C(=O)NCc2cccc3ccccc23)c1. The monoisotopic (exact) mass is 655 g/mol. The molecule has 0 radical (unpaired) electrons. The number of carbonyl (C=O) groups is 1. The van der Waals surface area contributed by atoms with Crippen LogP contribution in [0.3, 0.4) is 0 Å². The number of amides is 1. The van der Waals surface area contributed by atoms with Crippen molar-refractivity contribution in [3.8, 4) is 11.5 Å². The van der Waals surface area contributed by atoms with Crippen molar-refractivity contribution in [1.82, 2.24) is 5.32 Å². The number of benzene rings is 5. The summed E-state index contributed by atoms with van der Waals surface area (Å²) < 4.78 is 18.0. The Kier molecular flexibility index (Phi) is 10.4. The van der Waals surface area contributed by atoms with Crippen molar-refractivity contribution in [2.75, 3.05) is 20.3 Å². The predicted octanol–water partition coefficient (Wildman–Crippen LogP) is 7.24. The van der Waals surface area contributed by atoms with E-state index in [2.05, 4.69) is 15.3 Å². The first kappa shape index (κ1) is 33.1. The summed E-state index contributed by atoms with van der Waals surface area (Å²) in [4.78, 5) is 23.0. The lowest BCUT2D eigenvalue weighted by molar-refractivity contribution is -0.129. The van der Waals surface area contributed by atoms with E-state index in [9.17, 15) is 4.79 Å². The molecule has 0 spiro atoms. The van der Waals surface area contributed by atoms with Crippen molar-refractivity contribution in [1.29, 1.82) is 0 Å². The molecule has 1 aliphatic rings. The number of hydrogen-bond donors (Lipinski definition) is 2. The van der Waals surface area contributed by atoms with Gasteiger partial charge in [0.25, 0.3) is 5.91 Å². The highest BCUT2D eigenvalue weighted by molar-refractivity contribution is 6.01. The maximum atomic E-state index is 14.9. The Labute approximate surface area is 284 Å². The van der Waals surface area contributed by atoms with Gasteiger partial charge in [-0.15, -0.1) is 0 Å². The minimum absolute atomic E-state index is 0.0466. The van der Waals surface area contributed by atoms with Crippen LogP contribution in [0, 0.1) is 0 Å². The number of fused-ring (bicyclic) bond motifs is 1. The van der Waals surface area contributed by atoms with E-state index in [-0.39, 0.29) is 32.0 Å². The third-order valence-corrected chi connectivity index (χ3v) is 8.63. The molecule has 2 atom stereocenters. The van der Waals surface area contributed by atoms with E-state index < -0.39 is 11.6 Å². The van der Waals surface area contributed by atoms with Gasteiger partial charge >= 0.3 is 0 Å². The van der Waals surface area contributed by atoms with Gasteiger partial charge < -0.3 is 24.6 Å². The van der Waals surface area contributed by atoms with Gasteiger partial charge in [0.1, 0.15) is 11.5 Å². The number of nitrogens with one attached hydrogen (secondary N) is 1. The molecule has 1 heterocycles. The third kappa shape index (κ3) is 7.36. The zero-order valence-corrected chi connectivity index (χ0v) is 27.2. The normalized spacial score (nSPS) is 16.7. The highest BCUT2D eigenvalue weighted by Crippen LogP contribution is 2.44. The van der Waals surface area contributed by atoms with Crippen molar-refractivity contribution in [2.24, 2.45) is 10.1 Å². The van der Waals surface area contributed by atoms with Crippen molar-refractivity contribution in [3.05, 3.63) is 154 Å². The smallest absolute Gasteiger partial charge is 0.252 e. The molecule has 1 amide bonds. The van der Waals surface area contributed by atoms with E-state index in [4.69, 9.17) is 29.8 Å². The maximum absolute atomic E-state index is 14.9. The molecule has 0 saturated carbocycles. The van der Waals surface area contributed by atoms with Crippen LogP contribution in [0.1, 0.15) is 40.3 Å². The fourth-order valence-corrected chi connectivity index (χ4v) is 6.14. The van der Waals surface area contributed by atoms with Crippen molar-refractivity contribution in [3.63, 3.8) is 0 Å². The van der Waals surface area contributed by atoms with Gasteiger partial charge in [0.05, 0.1) is 20.3 Å². The van der Waals surface area contributed by atoms with Gasteiger partial charge in [0.2, 0.25) is 5.90 Å². The molecule has 2 N–H and O–H groups in total. The predicted molar refractivity (Wildman–Crippen MR) is 189 cm³/mol. The van der Waals surface area contributed by atoms with Crippen molar-refractivity contribution in [2.45, 2.75) is 37.6 Å². The number of rotatable bonds is 14. The second-order valence-corrected chi connectivity index (χ2v) is 11.7. The molecule has 49 heavy (non-hydrogen) atoms. The molecular formula is C39H37N5O5. The number of aliphatic hydroxyl groups is 1. The second kappa shape index (κ2) is 15.4. The summed E-state index contributed by atoms with van der Waals surface area (Å²) in [6.45, 7) is 0.836. The molecule has 6 rings (SSSR count). The Morgan fingerprint density at radius 3 is 2.47 bits per heavy atom. The fraction of sp³-hybridized carbons (Fsp3) is 0.231. The molecule has 1 aliphatic heterocycles. The van der Waals surface area contributed by atoms with E-state index in [1.165, 1.54) is 0 Å². The Bertz CT molecular complexity index is 2000. The average Bonchev–Trinajstić information content (AvgIpc) is 3.54. The van der Waals surface area contributed by atoms with Crippen LogP contribution < -0.4 is 14.8 Å². The second-order valence-electron chi connectivity index (χ2n) is 11.7. The summed E-state index contributed by atoms with van der Waals surface area (Å²) in [6, 6.07) is 36.5. The summed E-state index contributed by atoms with van der Waals surface area (Å²) in [7, 11) is 1.59. The molecule has 0 unspecified atom stereocenters. The quantitative estimate of drug-likeness (QED) is 0.0562. The number of hydrogen-bond acceptors (Lipinski definition) is 7. The zero-order valence-electron chi connectivity index (χ0n) is 27.2. The summed E-state index contributed by atoms with van der Waals surface area (Å²) in [5.41, 5.74) is 11.6. The molecule has 10 heteroatoms. The molecule has 0 aliphatic carbocycles. The van der Waals surface area contributed by atoms with E-state index in [1.54, 1.807) is 7.11 Å². The first-order chi connectivity index (χ1) is 24.0. The molecule has 0 bridgehead atoms. The van der Waals surface area contributed by atoms with Crippen LogP contribution in [0.15, 0.2) is 125 Å². The lowest BCUT2D eigenvalue weighted by atomic mass is 9.80. The Balaban J connectivity index is 1.45. The fourth-order valence-electron chi connectivity index (χ4n) is 6.14. The summed E-state index contributed by atoms with van der Waals surface area (Å²) >= 11 is 0. The average molecular weight is 656 g/mol. The minimum Gasteiger partial charge on any atom is -0.497 e. The van der Waals surface area contributed by atoms with Gasteiger partial charge in [-0.3, -0.25) is 4.79 Å². The Morgan fingerprint density at radius 2 is 1.67 bits per heavy atom. The molecule has 5 aromatic carbocycles. The Hall–Kier alpha value is -5.83. The van der Waals surface area contributed by atoms with Gasteiger partial charge in [-0.1, -0.05) is 84.0 Å². The highest BCUT2D eigenvalue weighted by atomic mass is 16.5. The van der Waals surface area contributed by atoms with Gasteiger partial charge in [-0.05, 0) is 75.0 Å². The van der Waals surface area contributed by atoms with Crippen LogP contribution in [-0.2, 0) is 29.0 Å². The van der Waals surface area contributed by atoms with Gasteiger partial charge in [0.15, 0.2) is 11.6 Å². The summed E-state index contributed by atoms with van der Waals surface area (Å²) in [6.07, 6.45) is -0.144. The van der Waals surface area contributed by atoms with Crippen LogP contribution in [-0.4, -0.2) is 42.8 Å². The number of aliphatic hydroxyl groups excluding tert-OH is 1. The molecule has 0 aromatic heterocycles. The Morgan fingerprint density at radius 1 is 0.939 bits per heavy atom. The highest BCUT2D eigenvalue weighted by Gasteiger charge is 2.53. The molecule has 5 aromatic rings. The molecular weight excluding hydrogens is 618 g/mol. The van der Waals surface area contributed by atoms with Crippen LogP contribution >= 0.6 is 0 Å². The van der Waals surface area contributed by atoms with Gasteiger partial charge in [-0.2, -0.15) is 0 Å². The van der Waals surface area contributed by atoms with Crippen LogP contribution in [0.25, 0.3) is 21.2 Å². The van der Waals surface area contributed by atoms with Gasteiger partial charge in [-0.25, -0.2) is 4.99 Å². The molecule has 0 fully saturated rings. The van der Waals surface area contributed by atoms with Crippen molar-refractivity contribution < 1.29 is 24.1 Å². The largest absolute Gasteiger partial charge is 0.497 e. The molecule has 248 valence electrons. The number of ether oxygens (including phenoxy) is 3. The van der Waals surface area contributed by atoms with Crippen LogP contribution in [0.2, 0.25) is 0 Å². The van der Waals surface area contributed by atoms with Crippen LogP contribution in [0.5, 0.6) is 11.5 Å². The van der Waals surface area contributed by atoms with E-state index in [0.717, 1.165) is 33.0 Å².